The van der Waals surface area contributed by atoms with Crippen LogP contribution in [0.25, 0.3) is 0 Å². The fourth-order valence-corrected chi connectivity index (χ4v) is 3.71. The number of nitrogens with zero attached hydrogens (tertiary/aromatic N) is 2. The molecule has 2 unspecified atom stereocenters. The summed E-state index contributed by atoms with van der Waals surface area (Å²) in [5, 5.41) is 0. The summed E-state index contributed by atoms with van der Waals surface area (Å²) in [5.74, 6) is 0.880. The van der Waals surface area contributed by atoms with Crippen molar-refractivity contribution < 1.29 is 0 Å². The average molecular weight is 223 g/mol. The first-order chi connectivity index (χ1) is 7.74. The van der Waals surface area contributed by atoms with Gasteiger partial charge in [0.25, 0.3) is 0 Å². The number of rotatable bonds is 3. The number of fused-ring (bicyclic) bond motifs is 1. The quantitative estimate of drug-likeness (QED) is 0.771. The molecule has 1 aliphatic carbocycles. The summed E-state index contributed by atoms with van der Waals surface area (Å²) in [6.07, 6.45) is 5.61. The fourth-order valence-electron chi connectivity index (χ4n) is 3.71. The topological polar surface area (TPSA) is 32.5 Å². The molecule has 3 fully saturated rings. The van der Waals surface area contributed by atoms with Gasteiger partial charge in [0, 0.05) is 37.8 Å². The summed E-state index contributed by atoms with van der Waals surface area (Å²) in [7, 11) is 0. The van der Waals surface area contributed by atoms with E-state index >= 15 is 0 Å². The molecule has 0 amide bonds. The lowest BCUT2D eigenvalue weighted by atomic mass is 9.91. The Hall–Kier alpha value is -0.120. The van der Waals surface area contributed by atoms with Gasteiger partial charge >= 0.3 is 0 Å². The number of nitrogens with two attached hydrogens (primary N) is 1. The Morgan fingerprint density at radius 1 is 1.19 bits per heavy atom. The maximum absolute atomic E-state index is 6.06. The van der Waals surface area contributed by atoms with Crippen LogP contribution < -0.4 is 5.73 Å². The first kappa shape index (κ1) is 11.0. The highest BCUT2D eigenvalue weighted by Gasteiger charge is 2.47. The molecule has 16 heavy (non-hydrogen) atoms. The second-order valence-corrected chi connectivity index (χ2v) is 6.11. The monoisotopic (exact) mass is 223 g/mol. The van der Waals surface area contributed by atoms with Gasteiger partial charge in [-0.05, 0) is 45.1 Å². The molecule has 0 aromatic carbocycles. The van der Waals surface area contributed by atoms with Crippen LogP contribution in [0.15, 0.2) is 0 Å². The summed E-state index contributed by atoms with van der Waals surface area (Å²) < 4.78 is 0. The van der Waals surface area contributed by atoms with E-state index in [2.05, 4.69) is 16.7 Å². The molecule has 0 spiro atoms. The molecular weight excluding hydrogens is 198 g/mol. The zero-order valence-corrected chi connectivity index (χ0v) is 10.5. The van der Waals surface area contributed by atoms with E-state index < -0.39 is 0 Å². The van der Waals surface area contributed by atoms with E-state index in [0.29, 0.717) is 5.54 Å². The molecule has 92 valence electrons. The summed E-state index contributed by atoms with van der Waals surface area (Å²) in [6.45, 7) is 8.35. The minimum absolute atomic E-state index is 0.300. The third kappa shape index (κ3) is 1.69. The predicted molar refractivity (Wildman–Crippen MR) is 66.4 cm³/mol. The van der Waals surface area contributed by atoms with E-state index in [1.165, 1.54) is 51.9 Å². The Bertz CT molecular complexity index is 264. The van der Waals surface area contributed by atoms with Crippen molar-refractivity contribution in [1.82, 2.24) is 9.80 Å². The second kappa shape index (κ2) is 3.97. The van der Waals surface area contributed by atoms with Gasteiger partial charge in [0.1, 0.15) is 0 Å². The zero-order chi connectivity index (χ0) is 11.2. The molecule has 3 rings (SSSR count). The van der Waals surface area contributed by atoms with Crippen LogP contribution in [-0.2, 0) is 0 Å². The molecule has 2 saturated heterocycles. The average Bonchev–Trinajstić information content (AvgIpc) is 3.06. The molecule has 1 saturated carbocycles. The van der Waals surface area contributed by atoms with E-state index in [0.717, 1.165) is 18.5 Å². The molecule has 2 atom stereocenters. The number of hydrogen-bond acceptors (Lipinski definition) is 3. The minimum atomic E-state index is 0.300. The van der Waals surface area contributed by atoms with Crippen LogP contribution in [0.5, 0.6) is 0 Å². The zero-order valence-electron chi connectivity index (χ0n) is 10.5. The Balaban J connectivity index is 1.70. The summed E-state index contributed by atoms with van der Waals surface area (Å²) in [4.78, 5) is 5.39. The van der Waals surface area contributed by atoms with Crippen molar-refractivity contribution in [3.63, 3.8) is 0 Å². The van der Waals surface area contributed by atoms with Crippen LogP contribution in [0.3, 0.4) is 0 Å². The maximum Gasteiger partial charge on any atom is 0.0332 e. The Morgan fingerprint density at radius 3 is 2.69 bits per heavy atom. The van der Waals surface area contributed by atoms with Crippen LogP contribution in [0.4, 0.5) is 0 Å². The lowest BCUT2D eigenvalue weighted by Crippen LogP contribution is -2.61. The molecule has 0 bridgehead atoms. The van der Waals surface area contributed by atoms with Crippen molar-refractivity contribution in [2.24, 2.45) is 11.7 Å². The van der Waals surface area contributed by atoms with Crippen molar-refractivity contribution in [3.05, 3.63) is 0 Å². The highest BCUT2D eigenvalue weighted by atomic mass is 15.3. The standard InChI is InChI=1S/C13H25N3/c1-13(10-14,11-4-5-11)16-8-7-15-6-2-3-12(15)9-16/h11-12H,2-10,14H2,1H3. The molecule has 0 radical (unpaired) electrons. The molecule has 3 nitrogen and oxygen atoms in total. The highest BCUT2D eigenvalue weighted by molar-refractivity contribution is 5.03. The van der Waals surface area contributed by atoms with E-state index in [-0.39, 0.29) is 0 Å². The van der Waals surface area contributed by atoms with E-state index in [4.69, 9.17) is 5.73 Å². The lowest BCUT2D eigenvalue weighted by molar-refractivity contribution is 0.0156. The van der Waals surface area contributed by atoms with E-state index in [1.54, 1.807) is 0 Å². The van der Waals surface area contributed by atoms with Crippen LogP contribution in [0.1, 0.15) is 32.6 Å². The molecule has 2 heterocycles. The molecule has 3 heteroatoms. The molecule has 2 aliphatic heterocycles. The van der Waals surface area contributed by atoms with Gasteiger partial charge in [0.2, 0.25) is 0 Å². The lowest BCUT2D eigenvalue weighted by Gasteiger charge is -2.47. The van der Waals surface area contributed by atoms with Gasteiger partial charge < -0.3 is 5.73 Å². The van der Waals surface area contributed by atoms with Crippen LogP contribution in [-0.4, -0.2) is 54.1 Å². The van der Waals surface area contributed by atoms with E-state index in [1.807, 2.05) is 0 Å². The van der Waals surface area contributed by atoms with Crippen LogP contribution in [0, 0.1) is 5.92 Å². The van der Waals surface area contributed by atoms with Crippen molar-refractivity contribution in [2.45, 2.75) is 44.2 Å². The molecule has 0 aromatic rings. The van der Waals surface area contributed by atoms with Gasteiger partial charge in [0.15, 0.2) is 0 Å². The Kier molecular flexibility index (Phi) is 2.73. The smallest absolute Gasteiger partial charge is 0.0332 e. The second-order valence-electron chi connectivity index (χ2n) is 6.11. The van der Waals surface area contributed by atoms with Crippen molar-refractivity contribution in [1.29, 1.82) is 0 Å². The molecule has 3 aliphatic rings. The summed E-state index contributed by atoms with van der Waals surface area (Å²) >= 11 is 0. The van der Waals surface area contributed by atoms with Gasteiger partial charge in [-0.15, -0.1) is 0 Å². The fraction of sp³-hybridized carbons (Fsp3) is 1.00. The van der Waals surface area contributed by atoms with Gasteiger partial charge in [0.05, 0.1) is 0 Å². The Labute approximate surface area is 99.0 Å². The predicted octanol–water partition coefficient (Wildman–Crippen LogP) is 0.894. The SMILES string of the molecule is CC(CN)(C1CC1)N1CCN2CCCC2C1. The summed E-state index contributed by atoms with van der Waals surface area (Å²) in [6, 6.07) is 0.832. The third-order valence-electron chi connectivity index (χ3n) is 5.18. The van der Waals surface area contributed by atoms with Gasteiger partial charge in [-0.25, -0.2) is 0 Å². The first-order valence-corrected chi connectivity index (χ1v) is 6.93. The molecular formula is C13H25N3. The highest BCUT2D eigenvalue weighted by Crippen LogP contribution is 2.43. The number of piperazine rings is 1. The molecule has 0 aromatic heterocycles. The van der Waals surface area contributed by atoms with Crippen molar-refractivity contribution >= 4 is 0 Å². The molecule has 2 N–H and O–H groups in total. The number of hydrogen-bond donors (Lipinski definition) is 1. The van der Waals surface area contributed by atoms with Gasteiger partial charge in [-0.1, -0.05) is 0 Å². The minimum Gasteiger partial charge on any atom is -0.329 e. The van der Waals surface area contributed by atoms with Crippen molar-refractivity contribution in [2.75, 3.05) is 32.7 Å². The van der Waals surface area contributed by atoms with Crippen LogP contribution >= 0.6 is 0 Å². The third-order valence-corrected chi connectivity index (χ3v) is 5.18. The summed E-state index contributed by atoms with van der Waals surface area (Å²) in [5.41, 5.74) is 6.36. The van der Waals surface area contributed by atoms with Gasteiger partial charge in [-0.3, -0.25) is 9.80 Å². The van der Waals surface area contributed by atoms with Crippen LogP contribution in [0.2, 0.25) is 0 Å². The largest absolute Gasteiger partial charge is 0.329 e. The Morgan fingerprint density at radius 2 is 2.00 bits per heavy atom. The normalized spacial score (nSPS) is 36.0. The van der Waals surface area contributed by atoms with Gasteiger partial charge in [-0.2, -0.15) is 0 Å². The van der Waals surface area contributed by atoms with E-state index in [9.17, 15) is 0 Å². The maximum atomic E-state index is 6.06. The first-order valence-electron chi connectivity index (χ1n) is 6.93. The van der Waals surface area contributed by atoms with Crippen molar-refractivity contribution in [3.8, 4) is 0 Å².